The number of aromatic nitrogens is 2. The average Bonchev–Trinajstić information content (AvgIpc) is 2.97. The van der Waals surface area contributed by atoms with Crippen LogP contribution in [0.5, 0.6) is 0 Å². The Bertz CT molecular complexity index is 582. The van der Waals surface area contributed by atoms with Crippen molar-refractivity contribution in [2.45, 2.75) is 18.8 Å². The lowest BCUT2D eigenvalue weighted by molar-refractivity contribution is 0.102. The summed E-state index contributed by atoms with van der Waals surface area (Å²) in [6.07, 6.45) is 3.95. The maximum atomic E-state index is 12.2. The Hall–Kier alpha value is -1.56. The lowest BCUT2D eigenvalue weighted by Crippen LogP contribution is -2.29. The summed E-state index contributed by atoms with van der Waals surface area (Å²) >= 11 is 0. The van der Waals surface area contributed by atoms with Gasteiger partial charge < -0.3 is 10.6 Å². The van der Waals surface area contributed by atoms with E-state index in [1.165, 1.54) is 0 Å². The summed E-state index contributed by atoms with van der Waals surface area (Å²) in [5, 5.41) is 13.4. The number of H-pyrrole nitrogens is 1. The second-order valence-electron chi connectivity index (χ2n) is 5.06. The fraction of sp³-hybridized carbons (Fsp3) is 0.333. The average molecular weight is 343 g/mol. The molecule has 0 bridgehead atoms. The van der Waals surface area contributed by atoms with E-state index in [-0.39, 0.29) is 30.7 Å². The predicted octanol–water partition coefficient (Wildman–Crippen LogP) is 2.97. The highest BCUT2D eigenvalue weighted by molar-refractivity contribution is 6.04. The molecule has 0 spiro atoms. The molecule has 0 saturated carbocycles. The monoisotopic (exact) mass is 342 g/mol. The van der Waals surface area contributed by atoms with Crippen LogP contribution in [0.15, 0.2) is 36.5 Å². The van der Waals surface area contributed by atoms with E-state index in [0.717, 1.165) is 37.3 Å². The lowest BCUT2D eigenvalue weighted by Gasteiger charge is -2.22. The number of anilines is 1. The molecule has 1 fully saturated rings. The number of hydrogen-bond acceptors (Lipinski definition) is 3. The summed E-state index contributed by atoms with van der Waals surface area (Å²) in [6.45, 7) is 1.99. The molecule has 1 aromatic carbocycles. The first-order valence-corrected chi connectivity index (χ1v) is 6.95. The summed E-state index contributed by atoms with van der Waals surface area (Å²) in [5.41, 5.74) is 2.45. The van der Waals surface area contributed by atoms with E-state index in [0.29, 0.717) is 11.5 Å². The van der Waals surface area contributed by atoms with Gasteiger partial charge in [0.05, 0.1) is 17.6 Å². The van der Waals surface area contributed by atoms with Crippen LogP contribution in [-0.2, 0) is 0 Å². The standard InChI is InChI=1S/C15H18N4O.2ClH/c20-15(11-5-2-1-3-6-11)18-13-10-17-19-14(13)12-7-4-8-16-9-12;;/h1-3,5-6,10,12,16H,4,7-9H2,(H,17,19)(H,18,20);2*1H. The minimum Gasteiger partial charge on any atom is -0.319 e. The van der Waals surface area contributed by atoms with Crippen LogP contribution in [0.1, 0.15) is 34.8 Å². The molecule has 7 heteroatoms. The Balaban J connectivity index is 0.00000121. The third-order valence-electron chi connectivity index (χ3n) is 3.66. The van der Waals surface area contributed by atoms with Gasteiger partial charge in [-0.25, -0.2) is 0 Å². The molecular formula is C15H20Cl2N4O. The van der Waals surface area contributed by atoms with Gasteiger partial charge in [-0.1, -0.05) is 18.2 Å². The zero-order valence-corrected chi connectivity index (χ0v) is 13.7. The van der Waals surface area contributed by atoms with Crippen molar-refractivity contribution in [2.24, 2.45) is 0 Å². The molecule has 3 rings (SSSR count). The van der Waals surface area contributed by atoms with Crippen LogP contribution in [0.4, 0.5) is 5.69 Å². The van der Waals surface area contributed by atoms with Gasteiger partial charge in [-0.05, 0) is 31.5 Å². The number of nitrogens with one attached hydrogen (secondary N) is 3. The van der Waals surface area contributed by atoms with E-state index in [1.54, 1.807) is 18.3 Å². The first-order chi connectivity index (χ1) is 9.84. The molecule has 1 unspecified atom stereocenters. The van der Waals surface area contributed by atoms with Crippen molar-refractivity contribution in [3.63, 3.8) is 0 Å². The number of amides is 1. The summed E-state index contributed by atoms with van der Waals surface area (Å²) in [7, 11) is 0. The number of nitrogens with zero attached hydrogens (tertiary/aromatic N) is 1. The molecule has 2 aromatic rings. The summed E-state index contributed by atoms with van der Waals surface area (Å²) in [5.74, 6) is 0.286. The highest BCUT2D eigenvalue weighted by Gasteiger charge is 2.21. The third kappa shape index (κ3) is 4.22. The molecule has 0 aliphatic carbocycles. The maximum Gasteiger partial charge on any atom is 0.255 e. The Morgan fingerprint density at radius 3 is 2.68 bits per heavy atom. The second-order valence-corrected chi connectivity index (χ2v) is 5.06. The Morgan fingerprint density at radius 2 is 2.00 bits per heavy atom. The fourth-order valence-electron chi connectivity index (χ4n) is 2.59. The van der Waals surface area contributed by atoms with Crippen LogP contribution in [0.2, 0.25) is 0 Å². The number of carbonyl (C=O) groups is 1. The Morgan fingerprint density at radius 1 is 1.23 bits per heavy atom. The van der Waals surface area contributed by atoms with E-state index in [4.69, 9.17) is 0 Å². The van der Waals surface area contributed by atoms with Gasteiger partial charge in [0.1, 0.15) is 0 Å². The van der Waals surface area contributed by atoms with Crippen molar-refractivity contribution in [1.82, 2.24) is 15.5 Å². The van der Waals surface area contributed by atoms with E-state index < -0.39 is 0 Å². The minimum absolute atomic E-state index is 0. The van der Waals surface area contributed by atoms with Crippen LogP contribution < -0.4 is 10.6 Å². The van der Waals surface area contributed by atoms with E-state index in [2.05, 4.69) is 20.8 Å². The van der Waals surface area contributed by atoms with Crippen LogP contribution in [0.25, 0.3) is 0 Å². The summed E-state index contributed by atoms with van der Waals surface area (Å²) < 4.78 is 0. The van der Waals surface area contributed by atoms with Gasteiger partial charge in [-0.3, -0.25) is 9.89 Å². The van der Waals surface area contributed by atoms with Crippen molar-refractivity contribution >= 4 is 36.4 Å². The molecule has 5 nitrogen and oxygen atoms in total. The van der Waals surface area contributed by atoms with Gasteiger partial charge in [0.2, 0.25) is 0 Å². The highest BCUT2D eigenvalue weighted by atomic mass is 35.5. The maximum absolute atomic E-state index is 12.2. The Kier molecular flexibility index (Phi) is 7.38. The second kappa shape index (κ2) is 8.78. The van der Waals surface area contributed by atoms with Gasteiger partial charge in [0, 0.05) is 18.0 Å². The molecule has 22 heavy (non-hydrogen) atoms. The third-order valence-corrected chi connectivity index (χ3v) is 3.66. The molecular weight excluding hydrogens is 323 g/mol. The molecule has 1 aliphatic rings. The molecule has 1 amide bonds. The number of piperidine rings is 1. The largest absolute Gasteiger partial charge is 0.319 e. The topological polar surface area (TPSA) is 69.8 Å². The number of aromatic amines is 1. The van der Waals surface area contributed by atoms with Crippen molar-refractivity contribution < 1.29 is 4.79 Å². The number of rotatable bonds is 3. The molecule has 1 aromatic heterocycles. The van der Waals surface area contributed by atoms with E-state index >= 15 is 0 Å². The zero-order valence-electron chi connectivity index (χ0n) is 12.0. The van der Waals surface area contributed by atoms with Crippen LogP contribution in [0.3, 0.4) is 0 Å². The van der Waals surface area contributed by atoms with Gasteiger partial charge in [-0.15, -0.1) is 24.8 Å². The number of benzene rings is 1. The van der Waals surface area contributed by atoms with E-state index in [9.17, 15) is 4.79 Å². The Labute approximate surface area is 142 Å². The molecule has 1 saturated heterocycles. The van der Waals surface area contributed by atoms with Gasteiger partial charge >= 0.3 is 0 Å². The normalized spacial score (nSPS) is 17.0. The number of carbonyl (C=O) groups excluding carboxylic acids is 1. The fourth-order valence-corrected chi connectivity index (χ4v) is 2.59. The summed E-state index contributed by atoms with van der Waals surface area (Å²) in [4.78, 5) is 12.2. The number of hydrogen-bond donors (Lipinski definition) is 3. The predicted molar refractivity (Wildman–Crippen MR) is 92.3 cm³/mol. The van der Waals surface area contributed by atoms with Crippen LogP contribution in [0, 0.1) is 0 Å². The smallest absolute Gasteiger partial charge is 0.255 e. The van der Waals surface area contributed by atoms with E-state index in [1.807, 2.05) is 18.2 Å². The molecule has 1 aliphatic heterocycles. The van der Waals surface area contributed by atoms with Crippen LogP contribution in [-0.4, -0.2) is 29.2 Å². The lowest BCUT2D eigenvalue weighted by atomic mass is 9.95. The molecule has 0 radical (unpaired) electrons. The molecule has 2 heterocycles. The van der Waals surface area contributed by atoms with Crippen molar-refractivity contribution in [3.8, 4) is 0 Å². The molecule has 1 atom stereocenters. The summed E-state index contributed by atoms with van der Waals surface area (Å²) in [6, 6.07) is 9.22. The first kappa shape index (κ1) is 18.5. The quantitative estimate of drug-likeness (QED) is 0.802. The molecule has 120 valence electrons. The van der Waals surface area contributed by atoms with Crippen molar-refractivity contribution in [2.75, 3.05) is 18.4 Å². The zero-order chi connectivity index (χ0) is 13.8. The first-order valence-electron chi connectivity index (χ1n) is 6.95. The van der Waals surface area contributed by atoms with Crippen molar-refractivity contribution in [1.29, 1.82) is 0 Å². The van der Waals surface area contributed by atoms with Gasteiger partial charge in [-0.2, -0.15) is 5.10 Å². The highest BCUT2D eigenvalue weighted by Crippen LogP contribution is 2.27. The SMILES string of the molecule is Cl.Cl.O=C(Nc1cn[nH]c1C1CCCNC1)c1ccccc1. The van der Waals surface area contributed by atoms with Crippen LogP contribution >= 0.6 is 24.8 Å². The minimum atomic E-state index is -0.1000. The number of halogens is 2. The van der Waals surface area contributed by atoms with Gasteiger partial charge in [0.15, 0.2) is 0 Å². The van der Waals surface area contributed by atoms with Gasteiger partial charge in [0.25, 0.3) is 5.91 Å². The molecule has 3 N–H and O–H groups in total. The van der Waals surface area contributed by atoms with Crippen molar-refractivity contribution in [3.05, 3.63) is 47.8 Å².